The Kier molecular flexibility index (Phi) is 2.79. The molecule has 2 rings (SSSR count). The normalized spacial score (nSPS) is 11.2. The molecule has 92 valence electrons. The lowest BCUT2D eigenvalue weighted by atomic mass is 10.1. The van der Waals surface area contributed by atoms with E-state index in [0.717, 1.165) is 10.9 Å². The van der Waals surface area contributed by atoms with Gasteiger partial charge in [0.05, 0.1) is 11.6 Å². The summed E-state index contributed by atoms with van der Waals surface area (Å²) in [5.41, 5.74) is 0.323. The Balaban J connectivity index is 2.44. The number of amides is 1. The van der Waals surface area contributed by atoms with Crippen LogP contribution in [0.3, 0.4) is 0 Å². The molecule has 0 saturated heterocycles. The first-order valence-corrected chi connectivity index (χ1v) is 5.60. The molecule has 1 aromatic carbocycles. The van der Waals surface area contributed by atoms with Gasteiger partial charge in [-0.2, -0.15) is 10.4 Å². The summed E-state index contributed by atoms with van der Waals surface area (Å²) in [6.45, 7) is 3.30. The Hall–Kier alpha value is -2.35. The zero-order chi connectivity index (χ0) is 13.3. The third-order valence-electron chi connectivity index (χ3n) is 2.68. The molecule has 5 nitrogen and oxygen atoms in total. The van der Waals surface area contributed by atoms with Gasteiger partial charge in [0, 0.05) is 12.4 Å². The zero-order valence-electron chi connectivity index (χ0n) is 10.6. The van der Waals surface area contributed by atoms with Crippen LogP contribution in [-0.4, -0.2) is 21.2 Å². The number of aromatic nitrogens is 2. The third kappa shape index (κ3) is 2.05. The van der Waals surface area contributed by atoms with E-state index in [9.17, 15) is 4.79 Å². The van der Waals surface area contributed by atoms with Crippen molar-refractivity contribution in [1.82, 2.24) is 15.1 Å². The maximum Gasteiger partial charge on any atom is 0.273 e. The molecule has 1 N–H and O–H groups in total. The van der Waals surface area contributed by atoms with Gasteiger partial charge in [0.1, 0.15) is 5.54 Å². The quantitative estimate of drug-likeness (QED) is 0.869. The summed E-state index contributed by atoms with van der Waals surface area (Å²) in [7, 11) is 1.79. The van der Waals surface area contributed by atoms with Crippen molar-refractivity contribution < 1.29 is 4.79 Å². The molecule has 0 aliphatic carbocycles. The Labute approximate surface area is 105 Å². The van der Waals surface area contributed by atoms with E-state index < -0.39 is 5.54 Å². The van der Waals surface area contributed by atoms with Crippen LogP contribution in [0, 0.1) is 11.3 Å². The number of hydrogen-bond donors (Lipinski definition) is 1. The number of nitrogens with zero attached hydrogens (tertiary/aromatic N) is 3. The minimum Gasteiger partial charge on any atom is -0.333 e. The second-order valence-electron chi connectivity index (χ2n) is 4.68. The van der Waals surface area contributed by atoms with Crippen molar-refractivity contribution >= 4 is 16.8 Å². The molecule has 0 saturated carbocycles. The average Bonchev–Trinajstić information content (AvgIpc) is 2.67. The molecule has 1 amide bonds. The summed E-state index contributed by atoms with van der Waals surface area (Å²) >= 11 is 0. The predicted octanol–water partition coefficient (Wildman–Crippen LogP) is 1.61. The van der Waals surface area contributed by atoms with Crippen LogP contribution in [0.2, 0.25) is 0 Å². The predicted molar refractivity (Wildman–Crippen MR) is 67.9 cm³/mol. The Morgan fingerprint density at radius 2 is 2.11 bits per heavy atom. The SMILES string of the molecule is Cn1nc(C(=O)NC(C)(C)C#N)c2ccccc21. The summed E-state index contributed by atoms with van der Waals surface area (Å²) in [4.78, 5) is 12.1. The number of nitriles is 1. The number of fused-ring (bicyclic) bond motifs is 1. The third-order valence-corrected chi connectivity index (χ3v) is 2.68. The van der Waals surface area contributed by atoms with Crippen molar-refractivity contribution in [3.8, 4) is 6.07 Å². The number of aryl methyl sites for hydroxylation is 1. The minimum atomic E-state index is -0.907. The average molecular weight is 242 g/mol. The molecule has 0 unspecified atom stereocenters. The van der Waals surface area contributed by atoms with E-state index in [-0.39, 0.29) is 5.91 Å². The first-order chi connectivity index (χ1) is 8.44. The Bertz CT molecular complexity index is 649. The van der Waals surface area contributed by atoms with E-state index in [2.05, 4.69) is 10.4 Å². The molecule has 0 aliphatic heterocycles. The van der Waals surface area contributed by atoms with Crippen LogP contribution in [0.5, 0.6) is 0 Å². The monoisotopic (exact) mass is 242 g/mol. The van der Waals surface area contributed by atoms with Gasteiger partial charge in [0.25, 0.3) is 5.91 Å². The lowest BCUT2D eigenvalue weighted by Gasteiger charge is -2.16. The van der Waals surface area contributed by atoms with Crippen molar-refractivity contribution in [2.24, 2.45) is 7.05 Å². The molecule has 1 heterocycles. The van der Waals surface area contributed by atoms with Crippen LogP contribution in [0.4, 0.5) is 0 Å². The van der Waals surface area contributed by atoms with Gasteiger partial charge in [0.2, 0.25) is 0 Å². The number of para-hydroxylation sites is 1. The van der Waals surface area contributed by atoms with Crippen molar-refractivity contribution in [1.29, 1.82) is 5.26 Å². The van der Waals surface area contributed by atoms with Gasteiger partial charge in [0.15, 0.2) is 5.69 Å². The van der Waals surface area contributed by atoms with Crippen LogP contribution in [0.1, 0.15) is 24.3 Å². The molecule has 0 spiro atoms. The molecule has 1 aromatic heterocycles. The Morgan fingerprint density at radius 3 is 2.78 bits per heavy atom. The number of carbonyl (C=O) groups is 1. The molecule has 0 bridgehead atoms. The van der Waals surface area contributed by atoms with Gasteiger partial charge in [-0.1, -0.05) is 18.2 Å². The lowest BCUT2D eigenvalue weighted by molar-refractivity contribution is 0.0925. The largest absolute Gasteiger partial charge is 0.333 e. The van der Waals surface area contributed by atoms with Gasteiger partial charge in [-0.15, -0.1) is 0 Å². The van der Waals surface area contributed by atoms with E-state index in [1.807, 2.05) is 30.3 Å². The van der Waals surface area contributed by atoms with Crippen LogP contribution < -0.4 is 5.32 Å². The molecule has 2 aromatic rings. The van der Waals surface area contributed by atoms with Crippen LogP contribution in [0.25, 0.3) is 10.9 Å². The van der Waals surface area contributed by atoms with E-state index >= 15 is 0 Å². The second kappa shape index (κ2) is 4.15. The number of rotatable bonds is 2. The molecule has 0 fully saturated rings. The minimum absolute atomic E-state index is 0.335. The maximum atomic E-state index is 12.1. The molecule has 0 atom stereocenters. The van der Waals surface area contributed by atoms with E-state index in [1.165, 1.54) is 0 Å². The highest BCUT2D eigenvalue weighted by molar-refractivity contribution is 6.05. The summed E-state index contributed by atoms with van der Waals surface area (Å²) in [6, 6.07) is 9.52. The number of benzene rings is 1. The lowest BCUT2D eigenvalue weighted by Crippen LogP contribution is -2.42. The summed E-state index contributed by atoms with van der Waals surface area (Å²) in [6.07, 6.45) is 0. The number of nitrogens with one attached hydrogen (secondary N) is 1. The fourth-order valence-corrected chi connectivity index (χ4v) is 1.75. The summed E-state index contributed by atoms with van der Waals surface area (Å²) < 4.78 is 1.66. The first kappa shape index (κ1) is 12.1. The van der Waals surface area contributed by atoms with E-state index in [1.54, 1.807) is 25.6 Å². The van der Waals surface area contributed by atoms with Crippen molar-refractivity contribution in [3.63, 3.8) is 0 Å². The smallest absolute Gasteiger partial charge is 0.273 e. The molecule has 0 aliphatic rings. The topological polar surface area (TPSA) is 70.7 Å². The zero-order valence-corrected chi connectivity index (χ0v) is 10.6. The van der Waals surface area contributed by atoms with E-state index in [0.29, 0.717) is 5.69 Å². The molecular weight excluding hydrogens is 228 g/mol. The number of carbonyl (C=O) groups excluding carboxylic acids is 1. The van der Waals surface area contributed by atoms with Gasteiger partial charge in [-0.25, -0.2) is 0 Å². The number of hydrogen-bond acceptors (Lipinski definition) is 3. The summed E-state index contributed by atoms with van der Waals surface area (Å²) in [5, 5.41) is 16.6. The highest BCUT2D eigenvalue weighted by Gasteiger charge is 2.23. The fraction of sp³-hybridized carbons (Fsp3) is 0.308. The second-order valence-corrected chi connectivity index (χ2v) is 4.68. The van der Waals surface area contributed by atoms with Gasteiger partial charge in [-0.3, -0.25) is 9.48 Å². The fourth-order valence-electron chi connectivity index (χ4n) is 1.75. The maximum absolute atomic E-state index is 12.1. The molecular formula is C13H14N4O. The van der Waals surface area contributed by atoms with Crippen LogP contribution in [0.15, 0.2) is 24.3 Å². The van der Waals surface area contributed by atoms with Crippen molar-refractivity contribution in [2.75, 3.05) is 0 Å². The summed E-state index contributed by atoms with van der Waals surface area (Å²) in [5.74, 6) is -0.335. The molecule has 18 heavy (non-hydrogen) atoms. The van der Waals surface area contributed by atoms with Crippen molar-refractivity contribution in [2.45, 2.75) is 19.4 Å². The highest BCUT2D eigenvalue weighted by atomic mass is 16.2. The molecule has 5 heteroatoms. The first-order valence-electron chi connectivity index (χ1n) is 5.60. The van der Waals surface area contributed by atoms with Gasteiger partial charge in [-0.05, 0) is 19.9 Å². The standard InChI is InChI=1S/C13H14N4O/c1-13(2,8-14)15-12(18)11-9-6-4-5-7-10(9)17(3)16-11/h4-7H,1-3H3,(H,15,18). The van der Waals surface area contributed by atoms with Crippen LogP contribution >= 0.6 is 0 Å². The van der Waals surface area contributed by atoms with Crippen LogP contribution in [-0.2, 0) is 7.05 Å². The highest BCUT2D eigenvalue weighted by Crippen LogP contribution is 2.17. The Morgan fingerprint density at radius 1 is 1.44 bits per heavy atom. The molecule has 0 radical (unpaired) electrons. The van der Waals surface area contributed by atoms with Gasteiger partial charge < -0.3 is 5.32 Å². The van der Waals surface area contributed by atoms with E-state index in [4.69, 9.17) is 5.26 Å². The van der Waals surface area contributed by atoms with Gasteiger partial charge >= 0.3 is 0 Å². The van der Waals surface area contributed by atoms with Crippen molar-refractivity contribution in [3.05, 3.63) is 30.0 Å².